The summed E-state index contributed by atoms with van der Waals surface area (Å²) < 4.78 is 0. The van der Waals surface area contributed by atoms with Crippen molar-refractivity contribution in [1.82, 2.24) is 4.90 Å². The molecule has 0 aliphatic carbocycles. The number of amides is 2. The Hall–Kier alpha value is -0.810. The molecule has 6 heteroatoms. The van der Waals surface area contributed by atoms with Gasteiger partial charge in [0, 0.05) is 19.0 Å². The van der Waals surface area contributed by atoms with Gasteiger partial charge in [0.15, 0.2) is 0 Å². The van der Waals surface area contributed by atoms with Crippen LogP contribution < -0.4 is 11.5 Å². The predicted octanol–water partition coefficient (Wildman–Crippen LogP) is 0.0119. The summed E-state index contributed by atoms with van der Waals surface area (Å²) in [6.07, 6.45) is 3.12. The van der Waals surface area contributed by atoms with Gasteiger partial charge in [-0.3, -0.25) is 9.59 Å². The maximum Gasteiger partial charge on any atom is 0.239 e. The van der Waals surface area contributed by atoms with E-state index in [1.807, 2.05) is 0 Å². The molecule has 16 heavy (non-hydrogen) atoms. The van der Waals surface area contributed by atoms with Crippen LogP contribution in [0, 0.1) is 0 Å². The highest BCUT2D eigenvalue weighted by Gasteiger charge is 2.29. The molecular formula is C10H20ClN3O2. The van der Waals surface area contributed by atoms with E-state index in [9.17, 15) is 9.59 Å². The Morgan fingerprint density at radius 1 is 1.44 bits per heavy atom. The van der Waals surface area contributed by atoms with Crippen molar-refractivity contribution in [3.8, 4) is 0 Å². The van der Waals surface area contributed by atoms with E-state index in [0.717, 1.165) is 19.3 Å². The number of rotatable bonds is 3. The number of likely N-dealkylation sites (tertiary alicyclic amines) is 1. The summed E-state index contributed by atoms with van der Waals surface area (Å²) in [4.78, 5) is 24.3. The minimum Gasteiger partial charge on any atom is -0.370 e. The first kappa shape index (κ1) is 15.2. The number of piperidine rings is 1. The quantitative estimate of drug-likeness (QED) is 0.739. The summed E-state index contributed by atoms with van der Waals surface area (Å²) in [5.74, 6) is -0.440. The molecular weight excluding hydrogens is 230 g/mol. The van der Waals surface area contributed by atoms with Crippen LogP contribution >= 0.6 is 12.4 Å². The van der Waals surface area contributed by atoms with Gasteiger partial charge in [-0.25, -0.2) is 0 Å². The number of hydrogen-bond donors (Lipinski definition) is 2. The van der Waals surface area contributed by atoms with E-state index in [0.29, 0.717) is 6.54 Å². The van der Waals surface area contributed by atoms with Crippen molar-refractivity contribution in [2.24, 2.45) is 11.5 Å². The second-order valence-electron chi connectivity index (χ2n) is 4.14. The van der Waals surface area contributed by atoms with Crippen LogP contribution in [0.4, 0.5) is 0 Å². The Labute approximate surface area is 102 Å². The Bertz CT molecular complexity index is 258. The van der Waals surface area contributed by atoms with E-state index in [2.05, 4.69) is 0 Å². The van der Waals surface area contributed by atoms with Gasteiger partial charge >= 0.3 is 0 Å². The number of carbonyl (C=O) groups excluding carboxylic acids is 2. The third kappa shape index (κ3) is 3.98. The first-order valence-electron chi connectivity index (χ1n) is 5.36. The van der Waals surface area contributed by atoms with Crippen LogP contribution in [-0.4, -0.2) is 35.3 Å². The molecule has 1 aliphatic heterocycles. The zero-order valence-electron chi connectivity index (χ0n) is 9.52. The fourth-order valence-corrected chi connectivity index (χ4v) is 2.00. The molecule has 1 saturated heterocycles. The maximum absolute atomic E-state index is 11.7. The van der Waals surface area contributed by atoms with Crippen molar-refractivity contribution in [2.75, 3.05) is 6.54 Å². The molecule has 0 bridgehead atoms. The van der Waals surface area contributed by atoms with Gasteiger partial charge in [-0.2, -0.15) is 0 Å². The third-order valence-electron chi connectivity index (χ3n) is 2.74. The van der Waals surface area contributed by atoms with Crippen LogP contribution in [0.3, 0.4) is 0 Å². The van der Waals surface area contributed by atoms with Crippen LogP contribution in [0.2, 0.25) is 0 Å². The Morgan fingerprint density at radius 3 is 2.56 bits per heavy atom. The van der Waals surface area contributed by atoms with Crippen molar-refractivity contribution in [3.63, 3.8) is 0 Å². The number of carbonyl (C=O) groups is 2. The van der Waals surface area contributed by atoms with Gasteiger partial charge < -0.3 is 16.4 Å². The number of nitrogens with zero attached hydrogens (tertiary/aromatic N) is 1. The summed E-state index contributed by atoms with van der Waals surface area (Å²) >= 11 is 0. The average Bonchev–Trinajstić information content (AvgIpc) is 2.16. The van der Waals surface area contributed by atoms with Crippen molar-refractivity contribution >= 4 is 24.2 Å². The molecule has 1 aliphatic rings. The largest absolute Gasteiger partial charge is 0.370 e. The lowest BCUT2D eigenvalue weighted by molar-refractivity contribution is -0.136. The summed E-state index contributed by atoms with van der Waals surface area (Å²) in [7, 11) is 0. The van der Waals surface area contributed by atoms with E-state index in [1.165, 1.54) is 0 Å². The number of hydrogen-bond acceptors (Lipinski definition) is 3. The molecule has 0 spiro atoms. The average molecular weight is 250 g/mol. The number of halogens is 1. The molecule has 1 rings (SSSR count). The number of nitrogens with two attached hydrogens (primary N) is 2. The van der Waals surface area contributed by atoms with Crippen LogP contribution in [0.15, 0.2) is 0 Å². The van der Waals surface area contributed by atoms with Crippen LogP contribution in [0.5, 0.6) is 0 Å². The molecule has 2 atom stereocenters. The zero-order chi connectivity index (χ0) is 11.4. The topological polar surface area (TPSA) is 89.4 Å². The fourth-order valence-electron chi connectivity index (χ4n) is 2.00. The van der Waals surface area contributed by atoms with Gasteiger partial charge in [-0.1, -0.05) is 0 Å². The minimum atomic E-state index is -0.501. The fraction of sp³-hybridized carbons (Fsp3) is 0.800. The van der Waals surface area contributed by atoms with Gasteiger partial charge in [0.25, 0.3) is 0 Å². The molecule has 1 heterocycles. The molecule has 1 fully saturated rings. The minimum absolute atomic E-state index is 0. The van der Waals surface area contributed by atoms with Crippen LogP contribution in [0.25, 0.3) is 0 Å². The van der Waals surface area contributed by atoms with Gasteiger partial charge in [0.1, 0.15) is 0 Å². The van der Waals surface area contributed by atoms with Crippen molar-refractivity contribution in [2.45, 2.75) is 44.7 Å². The molecule has 0 radical (unpaired) electrons. The SMILES string of the molecule is CC(N)C(=O)N1CCCCC1CC(N)=O.Cl. The monoisotopic (exact) mass is 249 g/mol. The van der Waals surface area contributed by atoms with Crippen molar-refractivity contribution in [1.29, 1.82) is 0 Å². The molecule has 0 aromatic rings. The summed E-state index contributed by atoms with van der Waals surface area (Å²) in [6, 6.07) is -0.548. The Morgan fingerprint density at radius 2 is 2.06 bits per heavy atom. The summed E-state index contributed by atoms with van der Waals surface area (Å²) in [5.41, 5.74) is 10.7. The first-order valence-corrected chi connectivity index (χ1v) is 5.36. The van der Waals surface area contributed by atoms with Gasteiger partial charge in [-0.15, -0.1) is 12.4 Å². The van der Waals surface area contributed by atoms with Crippen LogP contribution in [0.1, 0.15) is 32.6 Å². The number of primary amides is 1. The second-order valence-corrected chi connectivity index (χ2v) is 4.14. The van der Waals surface area contributed by atoms with Crippen molar-refractivity contribution < 1.29 is 9.59 Å². The lowest BCUT2D eigenvalue weighted by Gasteiger charge is -2.36. The molecule has 5 nitrogen and oxygen atoms in total. The molecule has 2 unspecified atom stereocenters. The summed E-state index contributed by atoms with van der Waals surface area (Å²) in [6.45, 7) is 2.36. The Balaban J connectivity index is 0.00000225. The van der Waals surface area contributed by atoms with E-state index < -0.39 is 6.04 Å². The van der Waals surface area contributed by atoms with Gasteiger partial charge in [0.2, 0.25) is 11.8 Å². The molecule has 0 aromatic carbocycles. The second kappa shape index (κ2) is 6.70. The Kier molecular flexibility index (Phi) is 6.36. The standard InChI is InChI=1S/C10H19N3O2.ClH/c1-7(11)10(15)13-5-3-2-4-8(13)6-9(12)14;/h7-8H,2-6,11H2,1H3,(H2,12,14);1H. The first-order chi connectivity index (χ1) is 7.02. The highest BCUT2D eigenvalue weighted by Crippen LogP contribution is 2.20. The molecule has 0 saturated carbocycles. The van der Waals surface area contributed by atoms with Gasteiger partial charge in [0.05, 0.1) is 6.04 Å². The van der Waals surface area contributed by atoms with E-state index in [-0.39, 0.29) is 36.7 Å². The lowest BCUT2D eigenvalue weighted by atomic mass is 9.98. The van der Waals surface area contributed by atoms with E-state index in [1.54, 1.807) is 11.8 Å². The van der Waals surface area contributed by atoms with E-state index >= 15 is 0 Å². The lowest BCUT2D eigenvalue weighted by Crippen LogP contribution is -2.50. The molecule has 4 N–H and O–H groups in total. The van der Waals surface area contributed by atoms with Crippen molar-refractivity contribution in [3.05, 3.63) is 0 Å². The van der Waals surface area contributed by atoms with Crippen LogP contribution in [-0.2, 0) is 9.59 Å². The third-order valence-corrected chi connectivity index (χ3v) is 2.74. The highest BCUT2D eigenvalue weighted by atomic mass is 35.5. The van der Waals surface area contributed by atoms with Gasteiger partial charge in [-0.05, 0) is 26.2 Å². The van der Waals surface area contributed by atoms with E-state index in [4.69, 9.17) is 11.5 Å². The predicted molar refractivity (Wildman–Crippen MR) is 64.1 cm³/mol. The smallest absolute Gasteiger partial charge is 0.239 e. The molecule has 2 amide bonds. The highest BCUT2D eigenvalue weighted by molar-refractivity contribution is 5.85. The molecule has 0 aromatic heterocycles. The normalized spacial score (nSPS) is 22.1. The summed E-state index contributed by atoms with van der Waals surface area (Å²) in [5, 5.41) is 0. The molecule has 94 valence electrons. The maximum atomic E-state index is 11.7. The zero-order valence-corrected chi connectivity index (χ0v) is 10.3.